The summed E-state index contributed by atoms with van der Waals surface area (Å²) in [6, 6.07) is 8.24. The maximum atomic E-state index is 12.5. The molecule has 4 N–H and O–H groups in total. The number of nitrogens with zero attached hydrogens (tertiary/aromatic N) is 1. The molecule has 1 aliphatic rings. The van der Waals surface area contributed by atoms with Crippen LogP contribution in [0.25, 0.3) is 6.08 Å². The van der Waals surface area contributed by atoms with Gasteiger partial charge in [0.1, 0.15) is 22.4 Å². The predicted molar refractivity (Wildman–Crippen MR) is 99.8 cm³/mol. The van der Waals surface area contributed by atoms with Crippen LogP contribution in [0, 0.1) is 11.3 Å². The van der Waals surface area contributed by atoms with Crippen LogP contribution >= 0.6 is 11.3 Å². The molecule has 1 aliphatic carbocycles. The molecule has 0 aliphatic heterocycles. The van der Waals surface area contributed by atoms with Crippen LogP contribution in [0.5, 0.6) is 5.75 Å². The van der Waals surface area contributed by atoms with Crippen LogP contribution < -0.4 is 11.1 Å². The third-order valence-corrected chi connectivity index (χ3v) is 5.45. The average molecular weight is 367 g/mol. The number of thiophene rings is 1. The van der Waals surface area contributed by atoms with Crippen molar-refractivity contribution < 1.29 is 14.7 Å². The summed E-state index contributed by atoms with van der Waals surface area (Å²) in [7, 11) is 0. The Morgan fingerprint density at radius 2 is 2.00 bits per heavy atom. The molecule has 3 rings (SSSR count). The highest BCUT2D eigenvalue weighted by atomic mass is 32.1. The number of phenols is 1. The molecule has 7 heteroatoms. The zero-order valence-corrected chi connectivity index (χ0v) is 14.7. The SMILES string of the molecule is N#CC(=Cc1ccccc1O)C(=O)Nc1sc2c(c1C(N)=O)CCCC2. The quantitative estimate of drug-likeness (QED) is 0.569. The lowest BCUT2D eigenvalue weighted by atomic mass is 9.95. The number of nitriles is 1. The first-order valence-corrected chi connectivity index (χ1v) is 8.98. The van der Waals surface area contributed by atoms with Gasteiger partial charge < -0.3 is 16.2 Å². The van der Waals surface area contributed by atoms with E-state index >= 15 is 0 Å². The van der Waals surface area contributed by atoms with Crippen LogP contribution in [-0.4, -0.2) is 16.9 Å². The van der Waals surface area contributed by atoms with Crippen molar-refractivity contribution in [1.82, 2.24) is 0 Å². The van der Waals surface area contributed by atoms with E-state index in [9.17, 15) is 20.0 Å². The van der Waals surface area contributed by atoms with Gasteiger partial charge in [-0.1, -0.05) is 18.2 Å². The number of rotatable bonds is 4. The van der Waals surface area contributed by atoms with Crippen molar-refractivity contribution in [3.05, 3.63) is 51.4 Å². The molecular weight excluding hydrogens is 350 g/mol. The van der Waals surface area contributed by atoms with Crippen LogP contribution in [0.4, 0.5) is 5.00 Å². The predicted octanol–water partition coefficient (Wildman–Crippen LogP) is 2.98. The van der Waals surface area contributed by atoms with E-state index in [0.29, 0.717) is 16.1 Å². The van der Waals surface area contributed by atoms with E-state index in [4.69, 9.17) is 5.73 Å². The van der Waals surface area contributed by atoms with Crippen LogP contribution in [0.1, 0.15) is 39.2 Å². The van der Waals surface area contributed by atoms with Gasteiger partial charge in [-0.3, -0.25) is 9.59 Å². The van der Waals surface area contributed by atoms with Gasteiger partial charge in [0.05, 0.1) is 5.56 Å². The fraction of sp³-hybridized carbons (Fsp3) is 0.211. The van der Waals surface area contributed by atoms with E-state index < -0.39 is 11.8 Å². The number of aryl methyl sites for hydroxylation is 1. The maximum Gasteiger partial charge on any atom is 0.266 e. The number of hydrogen-bond acceptors (Lipinski definition) is 5. The number of anilines is 1. The topological polar surface area (TPSA) is 116 Å². The van der Waals surface area contributed by atoms with Crippen molar-refractivity contribution in [3.8, 4) is 11.8 Å². The summed E-state index contributed by atoms with van der Waals surface area (Å²) in [5.41, 5.74) is 6.96. The average Bonchev–Trinajstić information content (AvgIpc) is 2.98. The maximum absolute atomic E-state index is 12.5. The Bertz CT molecular complexity index is 953. The van der Waals surface area contributed by atoms with Gasteiger partial charge >= 0.3 is 0 Å². The molecule has 2 amide bonds. The number of para-hydroxylation sites is 1. The summed E-state index contributed by atoms with van der Waals surface area (Å²) in [4.78, 5) is 25.5. The number of phenolic OH excluding ortho intramolecular Hbond substituents is 1. The fourth-order valence-electron chi connectivity index (χ4n) is 3.00. The number of aromatic hydroxyl groups is 1. The standard InChI is InChI=1S/C19H17N3O3S/c20-10-12(9-11-5-1-3-7-14(11)23)18(25)22-19-16(17(21)24)13-6-2-4-8-15(13)26-19/h1,3,5,7,9,23H,2,4,6,8H2,(H2,21,24)(H,22,25). The summed E-state index contributed by atoms with van der Waals surface area (Å²) in [5, 5.41) is 22.2. The normalized spacial score (nSPS) is 13.6. The van der Waals surface area contributed by atoms with Crippen LogP contribution in [0.15, 0.2) is 29.8 Å². The number of carbonyl (C=O) groups is 2. The van der Waals surface area contributed by atoms with Gasteiger partial charge in [-0.05, 0) is 43.4 Å². The Hall–Kier alpha value is -3.11. The summed E-state index contributed by atoms with van der Waals surface area (Å²) in [5.74, 6) is -1.25. The molecule has 0 saturated heterocycles. The first-order valence-electron chi connectivity index (χ1n) is 8.16. The van der Waals surface area contributed by atoms with Crippen LogP contribution in [0.2, 0.25) is 0 Å². The molecule has 0 spiro atoms. The second-order valence-corrected chi connectivity index (χ2v) is 7.07. The van der Waals surface area contributed by atoms with Crippen molar-refractivity contribution in [2.75, 3.05) is 5.32 Å². The molecular formula is C19H17N3O3S. The van der Waals surface area contributed by atoms with Gasteiger partial charge in [-0.25, -0.2) is 0 Å². The molecule has 1 aromatic heterocycles. The number of amides is 2. The first kappa shape index (κ1) is 17.7. The molecule has 2 aromatic rings. The van der Waals surface area contributed by atoms with Crippen LogP contribution in [0.3, 0.4) is 0 Å². The number of primary amides is 1. The van der Waals surface area contributed by atoms with Crippen molar-refractivity contribution in [3.63, 3.8) is 0 Å². The third-order valence-electron chi connectivity index (χ3n) is 4.25. The molecule has 132 valence electrons. The molecule has 0 bridgehead atoms. The van der Waals surface area contributed by atoms with E-state index in [1.807, 2.05) is 6.07 Å². The highest BCUT2D eigenvalue weighted by Crippen LogP contribution is 2.38. The van der Waals surface area contributed by atoms with E-state index in [2.05, 4.69) is 5.32 Å². The minimum Gasteiger partial charge on any atom is -0.507 e. The van der Waals surface area contributed by atoms with Gasteiger partial charge in [-0.15, -0.1) is 11.3 Å². The number of hydrogen-bond donors (Lipinski definition) is 3. The lowest BCUT2D eigenvalue weighted by Crippen LogP contribution is -2.19. The highest BCUT2D eigenvalue weighted by Gasteiger charge is 2.25. The molecule has 1 aromatic carbocycles. The van der Waals surface area contributed by atoms with Crippen molar-refractivity contribution in [2.24, 2.45) is 5.73 Å². The molecule has 1 heterocycles. The first-order chi connectivity index (χ1) is 12.5. The van der Waals surface area contributed by atoms with E-state index in [1.165, 1.54) is 23.5 Å². The number of benzene rings is 1. The molecule has 0 atom stereocenters. The molecule has 0 fully saturated rings. The summed E-state index contributed by atoms with van der Waals surface area (Å²) < 4.78 is 0. The van der Waals surface area contributed by atoms with E-state index in [-0.39, 0.29) is 11.3 Å². The van der Waals surface area contributed by atoms with Gasteiger partial charge in [0, 0.05) is 10.4 Å². The summed E-state index contributed by atoms with van der Waals surface area (Å²) >= 11 is 1.34. The monoisotopic (exact) mass is 367 g/mol. The lowest BCUT2D eigenvalue weighted by Gasteiger charge is -2.11. The van der Waals surface area contributed by atoms with Gasteiger partial charge in [0.25, 0.3) is 11.8 Å². The zero-order chi connectivity index (χ0) is 18.7. The smallest absolute Gasteiger partial charge is 0.266 e. The largest absolute Gasteiger partial charge is 0.507 e. The van der Waals surface area contributed by atoms with Gasteiger partial charge in [0.2, 0.25) is 0 Å². The second-order valence-electron chi connectivity index (χ2n) is 5.96. The highest BCUT2D eigenvalue weighted by molar-refractivity contribution is 7.17. The van der Waals surface area contributed by atoms with E-state index in [1.54, 1.807) is 18.2 Å². The number of carbonyl (C=O) groups excluding carboxylic acids is 2. The van der Waals surface area contributed by atoms with Crippen molar-refractivity contribution in [1.29, 1.82) is 5.26 Å². The Morgan fingerprint density at radius 3 is 2.69 bits per heavy atom. The number of nitrogens with two attached hydrogens (primary N) is 1. The summed E-state index contributed by atoms with van der Waals surface area (Å²) in [6.07, 6.45) is 4.94. The van der Waals surface area contributed by atoms with Gasteiger partial charge in [0.15, 0.2) is 0 Å². The Labute approximate surface area is 154 Å². The summed E-state index contributed by atoms with van der Waals surface area (Å²) in [6.45, 7) is 0. The third kappa shape index (κ3) is 3.46. The molecule has 26 heavy (non-hydrogen) atoms. The van der Waals surface area contributed by atoms with Crippen LogP contribution in [-0.2, 0) is 17.6 Å². The molecule has 0 saturated carbocycles. The Kier molecular flexibility index (Phi) is 5.05. The van der Waals surface area contributed by atoms with Crippen molar-refractivity contribution in [2.45, 2.75) is 25.7 Å². The zero-order valence-electron chi connectivity index (χ0n) is 13.9. The lowest BCUT2D eigenvalue weighted by molar-refractivity contribution is -0.112. The minimum absolute atomic E-state index is 0.0301. The fourth-order valence-corrected chi connectivity index (χ4v) is 4.29. The van der Waals surface area contributed by atoms with E-state index in [0.717, 1.165) is 36.1 Å². The Morgan fingerprint density at radius 1 is 1.27 bits per heavy atom. The molecule has 0 unspecified atom stereocenters. The second kappa shape index (κ2) is 7.42. The minimum atomic E-state index is -0.642. The van der Waals surface area contributed by atoms with Gasteiger partial charge in [-0.2, -0.15) is 5.26 Å². The molecule has 0 radical (unpaired) electrons. The molecule has 6 nitrogen and oxygen atoms in total. The number of fused-ring (bicyclic) bond motifs is 1. The van der Waals surface area contributed by atoms with Crippen molar-refractivity contribution >= 4 is 34.2 Å². The Balaban J connectivity index is 1.92. The number of nitrogens with one attached hydrogen (secondary N) is 1.